The van der Waals surface area contributed by atoms with Crippen molar-refractivity contribution in [3.8, 4) is 0 Å². The van der Waals surface area contributed by atoms with Crippen molar-refractivity contribution in [3.63, 3.8) is 0 Å². The van der Waals surface area contributed by atoms with Crippen LogP contribution in [0.15, 0.2) is 12.2 Å². The first-order chi connectivity index (χ1) is 6.40. The van der Waals surface area contributed by atoms with E-state index in [1.165, 1.54) is 45.3 Å². The van der Waals surface area contributed by atoms with Crippen LogP contribution in [0.3, 0.4) is 0 Å². The summed E-state index contributed by atoms with van der Waals surface area (Å²) in [7, 11) is 0. The van der Waals surface area contributed by atoms with Gasteiger partial charge in [0.05, 0.1) is 0 Å². The SMILES string of the molecule is CCCCN1C[C@H]2CC=CC[C@@H]2C1. The molecule has 0 bridgehead atoms. The zero-order chi connectivity index (χ0) is 9.10. The number of rotatable bonds is 3. The molecule has 1 nitrogen and oxygen atoms in total. The van der Waals surface area contributed by atoms with Crippen molar-refractivity contribution in [2.75, 3.05) is 19.6 Å². The molecule has 0 aromatic heterocycles. The maximum Gasteiger partial charge on any atom is 0.00160 e. The van der Waals surface area contributed by atoms with Gasteiger partial charge in [-0.2, -0.15) is 0 Å². The van der Waals surface area contributed by atoms with Gasteiger partial charge in [0.2, 0.25) is 0 Å². The third-order valence-corrected chi connectivity index (χ3v) is 3.52. The van der Waals surface area contributed by atoms with Gasteiger partial charge in [0.1, 0.15) is 0 Å². The molecule has 0 amide bonds. The number of fused-ring (bicyclic) bond motifs is 1. The van der Waals surface area contributed by atoms with E-state index in [1.54, 1.807) is 0 Å². The van der Waals surface area contributed by atoms with E-state index in [2.05, 4.69) is 24.0 Å². The van der Waals surface area contributed by atoms with Crippen molar-refractivity contribution in [1.29, 1.82) is 0 Å². The van der Waals surface area contributed by atoms with Crippen LogP contribution in [0.25, 0.3) is 0 Å². The molecule has 1 aliphatic heterocycles. The van der Waals surface area contributed by atoms with Gasteiger partial charge in [0.15, 0.2) is 0 Å². The Balaban J connectivity index is 1.80. The normalized spacial score (nSPS) is 33.6. The van der Waals surface area contributed by atoms with Crippen LogP contribution in [0, 0.1) is 11.8 Å². The minimum absolute atomic E-state index is 0.988. The molecular weight excluding hydrogens is 158 g/mol. The maximum absolute atomic E-state index is 2.67. The standard InChI is InChI=1S/C12H21N/c1-2-3-8-13-9-11-6-4-5-7-12(11)10-13/h4-5,11-12H,2-3,6-10H2,1H3/t11-,12-/m1/s1. The van der Waals surface area contributed by atoms with Crippen LogP contribution in [-0.4, -0.2) is 24.5 Å². The molecule has 0 radical (unpaired) electrons. The molecule has 0 saturated carbocycles. The van der Waals surface area contributed by atoms with E-state index >= 15 is 0 Å². The van der Waals surface area contributed by atoms with Crippen LogP contribution in [0.1, 0.15) is 32.6 Å². The van der Waals surface area contributed by atoms with Crippen molar-refractivity contribution in [2.45, 2.75) is 32.6 Å². The van der Waals surface area contributed by atoms with Gasteiger partial charge in [-0.05, 0) is 37.6 Å². The monoisotopic (exact) mass is 179 g/mol. The molecule has 1 saturated heterocycles. The molecule has 0 N–H and O–H groups in total. The van der Waals surface area contributed by atoms with E-state index in [4.69, 9.17) is 0 Å². The van der Waals surface area contributed by atoms with E-state index in [0.717, 1.165) is 11.8 Å². The second kappa shape index (κ2) is 4.28. The van der Waals surface area contributed by atoms with Gasteiger partial charge in [-0.3, -0.25) is 0 Å². The number of likely N-dealkylation sites (tertiary alicyclic amines) is 1. The molecule has 0 unspecified atom stereocenters. The Bertz CT molecular complexity index is 170. The topological polar surface area (TPSA) is 3.24 Å². The Labute approximate surface area is 81.8 Å². The fraction of sp³-hybridized carbons (Fsp3) is 0.833. The van der Waals surface area contributed by atoms with E-state index in [-0.39, 0.29) is 0 Å². The lowest BCUT2D eigenvalue weighted by molar-refractivity contribution is 0.316. The third kappa shape index (κ3) is 2.14. The smallest absolute Gasteiger partial charge is 0.00160 e. The second-order valence-electron chi connectivity index (χ2n) is 4.58. The summed E-state index contributed by atoms with van der Waals surface area (Å²) in [5, 5.41) is 0. The molecule has 74 valence electrons. The number of nitrogens with zero attached hydrogens (tertiary/aromatic N) is 1. The predicted octanol–water partition coefficient (Wildman–Crippen LogP) is 2.68. The quantitative estimate of drug-likeness (QED) is 0.602. The molecule has 0 aromatic carbocycles. The second-order valence-corrected chi connectivity index (χ2v) is 4.58. The highest BCUT2D eigenvalue weighted by molar-refractivity contribution is 4.99. The summed E-state index contributed by atoms with van der Waals surface area (Å²) in [6, 6.07) is 0. The number of hydrogen-bond acceptors (Lipinski definition) is 1. The average Bonchev–Trinajstić information content (AvgIpc) is 2.57. The van der Waals surface area contributed by atoms with Crippen molar-refractivity contribution in [2.24, 2.45) is 11.8 Å². The number of unbranched alkanes of at least 4 members (excludes halogenated alkanes) is 1. The first-order valence-electron chi connectivity index (χ1n) is 5.77. The van der Waals surface area contributed by atoms with Crippen molar-refractivity contribution in [1.82, 2.24) is 4.90 Å². The van der Waals surface area contributed by atoms with E-state index in [9.17, 15) is 0 Å². The molecule has 0 aromatic rings. The molecule has 13 heavy (non-hydrogen) atoms. The summed E-state index contributed by atoms with van der Waals surface area (Å²) < 4.78 is 0. The van der Waals surface area contributed by atoms with Gasteiger partial charge < -0.3 is 4.90 Å². The lowest BCUT2D eigenvalue weighted by Gasteiger charge is -2.18. The molecule has 2 rings (SSSR count). The molecule has 1 fully saturated rings. The molecule has 1 heteroatoms. The largest absolute Gasteiger partial charge is 0.303 e. The zero-order valence-electron chi connectivity index (χ0n) is 8.71. The molecule has 0 spiro atoms. The molecule has 2 atom stereocenters. The lowest BCUT2D eigenvalue weighted by atomic mass is 9.86. The summed E-state index contributed by atoms with van der Waals surface area (Å²) in [5.74, 6) is 1.98. The summed E-state index contributed by atoms with van der Waals surface area (Å²) in [6.07, 6.45) is 10.2. The molecular formula is C12H21N. The van der Waals surface area contributed by atoms with Crippen molar-refractivity contribution < 1.29 is 0 Å². The summed E-state index contributed by atoms with van der Waals surface area (Å²) in [6.45, 7) is 6.36. The van der Waals surface area contributed by atoms with Gasteiger partial charge in [0, 0.05) is 13.1 Å². The fourth-order valence-corrected chi connectivity index (χ4v) is 2.68. The minimum Gasteiger partial charge on any atom is -0.303 e. The van der Waals surface area contributed by atoms with Crippen LogP contribution in [0.4, 0.5) is 0 Å². The zero-order valence-corrected chi connectivity index (χ0v) is 8.71. The Hall–Kier alpha value is -0.300. The van der Waals surface area contributed by atoms with Crippen LogP contribution < -0.4 is 0 Å². The Morgan fingerprint density at radius 3 is 2.31 bits per heavy atom. The fourth-order valence-electron chi connectivity index (χ4n) is 2.68. The van der Waals surface area contributed by atoms with Crippen LogP contribution >= 0.6 is 0 Å². The Morgan fingerprint density at radius 2 is 1.77 bits per heavy atom. The van der Waals surface area contributed by atoms with Gasteiger partial charge >= 0.3 is 0 Å². The molecule has 2 aliphatic rings. The summed E-state index contributed by atoms with van der Waals surface area (Å²) >= 11 is 0. The van der Waals surface area contributed by atoms with Crippen molar-refractivity contribution >= 4 is 0 Å². The van der Waals surface area contributed by atoms with E-state index in [0.29, 0.717) is 0 Å². The third-order valence-electron chi connectivity index (χ3n) is 3.52. The maximum atomic E-state index is 2.67. The van der Waals surface area contributed by atoms with Gasteiger partial charge in [0.25, 0.3) is 0 Å². The molecule has 1 heterocycles. The van der Waals surface area contributed by atoms with Gasteiger partial charge in [-0.25, -0.2) is 0 Å². The lowest BCUT2D eigenvalue weighted by Crippen LogP contribution is -2.21. The predicted molar refractivity (Wildman–Crippen MR) is 56.7 cm³/mol. The highest BCUT2D eigenvalue weighted by Crippen LogP contribution is 2.32. The van der Waals surface area contributed by atoms with Crippen LogP contribution in [-0.2, 0) is 0 Å². The number of hydrogen-bond donors (Lipinski definition) is 0. The first-order valence-corrected chi connectivity index (χ1v) is 5.77. The minimum atomic E-state index is 0.988. The average molecular weight is 179 g/mol. The van der Waals surface area contributed by atoms with E-state index in [1.807, 2.05) is 0 Å². The number of allylic oxidation sites excluding steroid dienone is 2. The van der Waals surface area contributed by atoms with E-state index < -0.39 is 0 Å². The summed E-state index contributed by atoms with van der Waals surface area (Å²) in [4.78, 5) is 2.67. The van der Waals surface area contributed by atoms with Crippen LogP contribution in [0.5, 0.6) is 0 Å². The summed E-state index contributed by atoms with van der Waals surface area (Å²) in [5.41, 5.74) is 0. The van der Waals surface area contributed by atoms with Gasteiger partial charge in [-0.15, -0.1) is 0 Å². The Morgan fingerprint density at radius 1 is 1.15 bits per heavy atom. The Kier molecular flexibility index (Phi) is 3.05. The van der Waals surface area contributed by atoms with Crippen molar-refractivity contribution in [3.05, 3.63) is 12.2 Å². The first kappa shape index (κ1) is 9.26. The highest BCUT2D eigenvalue weighted by Gasteiger charge is 2.31. The highest BCUT2D eigenvalue weighted by atomic mass is 15.1. The molecule has 1 aliphatic carbocycles. The van der Waals surface area contributed by atoms with Crippen LogP contribution in [0.2, 0.25) is 0 Å². The van der Waals surface area contributed by atoms with Gasteiger partial charge in [-0.1, -0.05) is 25.5 Å².